The first-order chi connectivity index (χ1) is 6.27. The standard InChI is InChI=1S/C11H13NS/c1-8-3-4-10(5-9(8)2)11-6-13-7-12-11/h3-5,7,11H,6H2,1-2H3. The summed E-state index contributed by atoms with van der Waals surface area (Å²) in [4.78, 5) is 4.41. The van der Waals surface area contributed by atoms with Gasteiger partial charge in [0.1, 0.15) is 0 Å². The van der Waals surface area contributed by atoms with E-state index in [2.05, 4.69) is 37.0 Å². The first-order valence-electron chi connectivity index (χ1n) is 4.48. The third-order valence-electron chi connectivity index (χ3n) is 2.49. The molecule has 1 aliphatic rings. The molecule has 0 amide bonds. The maximum Gasteiger partial charge on any atom is 0.0849 e. The summed E-state index contributed by atoms with van der Waals surface area (Å²) >= 11 is 1.80. The molecule has 0 saturated carbocycles. The lowest BCUT2D eigenvalue weighted by Crippen LogP contribution is -1.95. The van der Waals surface area contributed by atoms with E-state index < -0.39 is 0 Å². The van der Waals surface area contributed by atoms with E-state index in [-0.39, 0.29) is 0 Å². The van der Waals surface area contributed by atoms with Crippen molar-refractivity contribution in [2.24, 2.45) is 4.99 Å². The van der Waals surface area contributed by atoms with Gasteiger partial charge in [-0.1, -0.05) is 18.2 Å². The molecule has 0 aromatic heterocycles. The minimum absolute atomic E-state index is 0.393. The van der Waals surface area contributed by atoms with E-state index >= 15 is 0 Å². The van der Waals surface area contributed by atoms with Crippen molar-refractivity contribution < 1.29 is 0 Å². The molecule has 0 aliphatic carbocycles. The molecule has 0 spiro atoms. The van der Waals surface area contributed by atoms with Gasteiger partial charge < -0.3 is 0 Å². The van der Waals surface area contributed by atoms with Gasteiger partial charge in [-0.15, -0.1) is 11.8 Å². The molecule has 13 heavy (non-hydrogen) atoms. The quantitative estimate of drug-likeness (QED) is 0.664. The molecule has 1 aromatic carbocycles. The number of nitrogens with zero attached hydrogens (tertiary/aromatic N) is 1. The molecule has 1 aromatic rings. The van der Waals surface area contributed by atoms with Crippen LogP contribution >= 0.6 is 11.8 Å². The lowest BCUT2D eigenvalue weighted by Gasteiger charge is -2.08. The number of aliphatic imine (C=N–C) groups is 1. The van der Waals surface area contributed by atoms with Gasteiger partial charge in [-0.05, 0) is 30.5 Å². The van der Waals surface area contributed by atoms with Crippen LogP contribution in [0.5, 0.6) is 0 Å². The fraction of sp³-hybridized carbons (Fsp3) is 0.364. The molecule has 0 bridgehead atoms. The Labute approximate surface area is 83.3 Å². The van der Waals surface area contributed by atoms with E-state index in [1.807, 2.05) is 5.55 Å². The van der Waals surface area contributed by atoms with Gasteiger partial charge in [0.25, 0.3) is 0 Å². The number of rotatable bonds is 1. The molecule has 2 heteroatoms. The molecule has 1 unspecified atom stereocenters. The predicted octanol–water partition coefficient (Wildman–Crippen LogP) is 3.12. The zero-order valence-electron chi connectivity index (χ0n) is 7.95. The van der Waals surface area contributed by atoms with E-state index in [0.29, 0.717) is 6.04 Å². The largest absolute Gasteiger partial charge is 0.277 e. The van der Waals surface area contributed by atoms with Crippen LogP contribution in [0.3, 0.4) is 0 Å². The summed E-state index contributed by atoms with van der Waals surface area (Å²) in [6.07, 6.45) is 0. The highest BCUT2D eigenvalue weighted by Gasteiger charge is 2.13. The number of thioether (sulfide) groups is 1. The Hall–Kier alpha value is -0.760. The van der Waals surface area contributed by atoms with Crippen molar-refractivity contribution in [3.05, 3.63) is 34.9 Å². The minimum atomic E-state index is 0.393. The van der Waals surface area contributed by atoms with Gasteiger partial charge in [-0.3, -0.25) is 4.99 Å². The first-order valence-corrected chi connectivity index (χ1v) is 5.52. The predicted molar refractivity (Wildman–Crippen MR) is 59.6 cm³/mol. The highest BCUT2D eigenvalue weighted by molar-refractivity contribution is 8.12. The Bertz CT molecular complexity index is 344. The summed E-state index contributed by atoms with van der Waals surface area (Å²) in [5.41, 5.74) is 6.03. The summed E-state index contributed by atoms with van der Waals surface area (Å²) < 4.78 is 0. The zero-order valence-corrected chi connectivity index (χ0v) is 8.77. The highest BCUT2D eigenvalue weighted by Crippen LogP contribution is 2.27. The molecular weight excluding hydrogens is 178 g/mol. The molecule has 68 valence electrons. The Kier molecular flexibility index (Phi) is 2.40. The Morgan fingerprint density at radius 2 is 2.15 bits per heavy atom. The van der Waals surface area contributed by atoms with Crippen LogP contribution in [0.15, 0.2) is 23.2 Å². The highest BCUT2D eigenvalue weighted by atomic mass is 32.2. The van der Waals surface area contributed by atoms with Gasteiger partial charge in [0, 0.05) is 5.75 Å². The van der Waals surface area contributed by atoms with Crippen molar-refractivity contribution >= 4 is 17.3 Å². The Balaban J connectivity index is 2.30. The summed E-state index contributed by atoms with van der Waals surface area (Å²) in [5.74, 6) is 1.10. The molecule has 2 rings (SSSR count). The van der Waals surface area contributed by atoms with Crippen molar-refractivity contribution in [1.29, 1.82) is 0 Å². The van der Waals surface area contributed by atoms with Crippen LogP contribution in [0.4, 0.5) is 0 Å². The summed E-state index contributed by atoms with van der Waals surface area (Å²) in [7, 11) is 0. The molecule has 1 aliphatic heterocycles. The molecule has 1 atom stereocenters. The molecule has 0 fully saturated rings. The Morgan fingerprint density at radius 1 is 1.31 bits per heavy atom. The second-order valence-electron chi connectivity index (χ2n) is 3.45. The van der Waals surface area contributed by atoms with Gasteiger partial charge in [0.05, 0.1) is 11.6 Å². The lowest BCUT2D eigenvalue weighted by atomic mass is 10.0. The second-order valence-corrected chi connectivity index (χ2v) is 4.32. The maximum atomic E-state index is 4.41. The molecular formula is C11H13NS. The van der Waals surface area contributed by atoms with Gasteiger partial charge >= 0.3 is 0 Å². The van der Waals surface area contributed by atoms with Crippen molar-refractivity contribution in [3.8, 4) is 0 Å². The SMILES string of the molecule is Cc1ccc(C2CSC=N2)cc1C. The maximum absolute atomic E-state index is 4.41. The fourth-order valence-electron chi connectivity index (χ4n) is 1.45. The minimum Gasteiger partial charge on any atom is -0.277 e. The van der Waals surface area contributed by atoms with Crippen LogP contribution in [0.2, 0.25) is 0 Å². The first kappa shape index (κ1) is 8.82. The third kappa shape index (κ3) is 1.78. The smallest absolute Gasteiger partial charge is 0.0849 e. The van der Waals surface area contributed by atoms with Crippen LogP contribution in [0.25, 0.3) is 0 Å². The summed E-state index contributed by atoms with van der Waals surface area (Å²) in [6, 6.07) is 7.02. The third-order valence-corrected chi connectivity index (χ3v) is 3.26. The van der Waals surface area contributed by atoms with Gasteiger partial charge in [0.15, 0.2) is 0 Å². The van der Waals surface area contributed by atoms with Crippen molar-refractivity contribution in [2.75, 3.05) is 5.75 Å². The van der Waals surface area contributed by atoms with E-state index in [0.717, 1.165) is 5.75 Å². The monoisotopic (exact) mass is 191 g/mol. The molecule has 0 N–H and O–H groups in total. The lowest BCUT2D eigenvalue weighted by molar-refractivity contribution is 0.850. The van der Waals surface area contributed by atoms with Crippen molar-refractivity contribution in [1.82, 2.24) is 0 Å². The van der Waals surface area contributed by atoms with Gasteiger partial charge in [-0.2, -0.15) is 0 Å². The normalized spacial score (nSPS) is 20.9. The van der Waals surface area contributed by atoms with E-state index in [4.69, 9.17) is 0 Å². The van der Waals surface area contributed by atoms with Crippen LogP contribution in [0, 0.1) is 13.8 Å². The van der Waals surface area contributed by atoms with E-state index in [1.165, 1.54) is 16.7 Å². The number of aryl methyl sites for hydroxylation is 2. The summed E-state index contributed by atoms with van der Waals surface area (Å²) in [5, 5.41) is 0. The molecule has 1 heterocycles. The molecule has 0 radical (unpaired) electrons. The van der Waals surface area contributed by atoms with Crippen molar-refractivity contribution in [3.63, 3.8) is 0 Å². The van der Waals surface area contributed by atoms with Crippen LogP contribution in [-0.4, -0.2) is 11.3 Å². The number of hydrogen-bond donors (Lipinski definition) is 0. The van der Waals surface area contributed by atoms with Gasteiger partial charge in [-0.25, -0.2) is 0 Å². The van der Waals surface area contributed by atoms with Crippen LogP contribution in [0.1, 0.15) is 22.7 Å². The zero-order chi connectivity index (χ0) is 9.26. The second kappa shape index (κ2) is 3.54. The fourth-order valence-corrected chi connectivity index (χ4v) is 2.23. The molecule has 1 nitrogen and oxygen atoms in total. The van der Waals surface area contributed by atoms with Crippen molar-refractivity contribution in [2.45, 2.75) is 19.9 Å². The molecule has 0 saturated heterocycles. The average Bonchev–Trinajstić information content (AvgIpc) is 2.62. The van der Waals surface area contributed by atoms with E-state index in [9.17, 15) is 0 Å². The summed E-state index contributed by atoms with van der Waals surface area (Å²) in [6.45, 7) is 4.30. The van der Waals surface area contributed by atoms with Gasteiger partial charge in [0.2, 0.25) is 0 Å². The van der Waals surface area contributed by atoms with Crippen LogP contribution < -0.4 is 0 Å². The average molecular weight is 191 g/mol. The number of benzene rings is 1. The topological polar surface area (TPSA) is 12.4 Å². The number of hydrogen-bond acceptors (Lipinski definition) is 2. The Morgan fingerprint density at radius 3 is 2.77 bits per heavy atom. The van der Waals surface area contributed by atoms with E-state index in [1.54, 1.807) is 11.8 Å². The van der Waals surface area contributed by atoms with Crippen LogP contribution in [-0.2, 0) is 0 Å².